The van der Waals surface area contributed by atoms with E-state index in [2.05, 4.69) is 39.9 Å². The molecule has 13 heteroatoms. The number of hydrazone groups is 1. The second kappa shape index (κ2) is 17.0. The minimum absolute atomic E-state index is 0.219. The van der Waals surface area contributed by atoms with E-state index in [1.807, 2.05) is 30.3 Å². The summed E-state index contributed by atoms with van der Waals surface area (Å²) in [4.78, 5) is 27.8. The molecule has 3 aromatic rings. The first-order chi connectivity index (χ1) is 22.6. The molecule has 47 heavy (non-hydrogen) atoms. The minimum atomic E-state index is -0.637. The zero-order valence-electron chi connectivity index (χ0n) is 26.6. The van der Waals surface area contributed by atoms with Crippen LogP contribution in [0.4, 0.5) is 5.69 Å². The lowest BCUT2D eigenvalue weighted by Crippen LogP contribution is -2.45. The zero-order chi connectivity index (χ0) is 33.9. The maximum atomic E-state index is 12.8. The molecular weight excluding hydrogens is 661 g/mol. The van der Waals surface area contributed by atoms with Gasteiger partial charge in [0.05, 0.1) is 34.5 Å². The van der Waals surface area contributed by atoms with Gasteiger partial charge in [-0.15, -0.1) is 0 Å². The predicted octanol–water partition coefficient (Wildman–Crippen LogP) is 6.30. The fraction of sp³-hybridized carbons (Fsp3) is 0.294. The SMILES string of the molecule is CCOC(=O)C1=C(C)NC(=S)N[C@H]1c1ccccc1OCC(=O)NN=Cc1ccc(N(CC)CC)cc1OCc1ccc(Cl)c(Cl)c1. The van der Waals surface area contributed by atoms with Gasteiger partial charge in [-0.2, -0.15) is 5.10 Å². The molecule has 4 rings (SSSR count). The Morgan fingerprint density at radius 1 is 1.00 bits per heavy atom. The summed E-state index contributed by atoms with van der Waals surface area (Å²) in [5.74, 6) is 0.00948. The van der Waals surface area contributed by atoms with Crippen LogP contribution in [-0.2, 0) is 20.9 Å². The van der Waals surface area contributed by atoms with Crippen LogP contribution in [0.1, 0.15) is 50.4 Å². The summed E-state index contributed by atoms with van der Waals surface area (Å²) in [5.41, 5.74) is 6.58. The summed E-state index contributed by atoms with van der Waals surface area (Å²) in [6, 6.07) is 17.6. The van der Waals surface area contributed by atoms with Gasteiger partial charge in [-0.05, 0) is 75.8 Å². The molecule has 0 spiro atoms. The molecule has 0 saturated carbocycles. The maximum absolute atomic E-state index is 12.8. The zero-order valence-corrected chi connectivity index (χ0v) is 28.9. The second-order valence-electron chi connectivity index (χ2n) is 10.3. The Labute approximate surface area is 290 Å². The number of para-hydroxylation sites is 1. The van der Waals surface area contributed by atoms with Gasteiger partial charge in [0.15, 0.2) is 11.7 Å². The van der Waals surface area contributed by atoms with Crippen molar-refractivity contribution in [3.05, 3.63) is 98.7 Å². The molecule has 0 bridgehead atoms. The molecule has 1 heterocycles. The van der Waals surface area contributed by atoms with Gasteiger partial charge in [0.2, 0.25) is 0 Å². The monoisotopic (exact) mass is 697 g/mol. The first-order valence-corrected chi connectivity index (χ1v) is 16.3. The average Bonchev–Trinajstić information content (AvgIpc) is 3.05. The first-order valence-electron chi connectivity index (χ1n) is 15.1. The first kappa shape index (κ1) is 35.5. The van der Waals surface area contributed by atoms with Gasteiger partial charge < -0.3 is 29.7 Å². The van der Waals surface area contributed by atoms with Crippen molar-refractivity contribution >= 4 is 64.3 Å². The van der Waals surface area contributed by atoms with Crippen LogP contribution in [0.3, 0.4) is 0 Å². The highest BCUT2D eigenvalue weighted by atomic mass is 35.5. The maximum Gasteiger partial charge on any atom is 0.338 e. The molecule has 10 nitrogen and oxygen atoms in total. The van der Waals surface area contributed by atoms with Crippen molar-refractivity contribution in [2.24, 2.45) is 5.10 Å². The molecule has 1 atom stereocenters. The van der Waals surface area contributed by atoms with Crippen LogP contribution in [0.25, 0.3) is 0 Å². The van der Waals surface area contributed by atoms with Gasteiger partial charge in [-0.3, -0.25) is 4.79 Å². The number of hydrogen-bond donors (Lipinski definition) is 3. The molecule has 0 aliphatic carbocycles. The summed E-state index contributed by atoms with van der Waals surface area (Å²) >= 11 is 17.6. The fourth-order valence-electron chi connectivity index (χ4n) is 4.94. The van der Waals surface area contributed by atoms with Crippen molar-refractivity contribution in [1.29, 1.82) is 0 Å². The standard InChI is InChI=1S/C34H37Cl2N5O5S/c1-5-41(6-2)24-14-13-23(29(17-24)45-19-22-12-15-26(35)27(36)16-22)18-37-40-30(42)20-46-28-11-9-8-10-25(28)32-31(33(43)44-7-3)21(4)38-34(47)39-32/h8-18,32H,5-7,19-20H2,1-4H3,(H,40,42)(H2,38,39,47)/t32-/m0/s1. The number of rotatable bonds is 14. The van der Waals surface area contributed by atoms with E-state index in [0.29, 0.717) is 49.1 Å². The van der Waals surface area contributed by atoms with Gasteiger partial charge in [0, 0.05) is 41.7 Å². The number of nitrogens with one attached hydrogen (secondary N) is 3. The van der Waals surface area contributed by atoms with Crippen LogP contribution in [-0.4, -0.2) is 49.5 Å². The Morgan fingerprint density at radius 2 is 1.77 bits per heavy atom. The van der Waals surface area contributed by atoms with Gasteiger partial charge in [0.1, 0.15) is 18.1 Å². The summed E-state index contributed by atoms with van der Waals surface area (Å²) < 4.78 is 17.3. The second-order valence-corrected chi connectivity index (χ2v) is 11.6. The minimum Gasteiger partial charge on any atom is -0.488 e. The molecular formula is C34H37Cl2N5O5S. The van der Waals surface area contributed by atoms with E-state index in [1.54, 1.807) is 44.2 Å². The van der Waals surface area contributed by atoms with Crippen LogP contribution < -0.4 is 30.4 Å². The number of carbonyl (C=O) groups excluding carboxylic acids is 2. The Balaban J connectivity index is 1.46. The Hall–Kier alpha value is -4.32. The summed E-state index contributed by atoms with van der Waals surface area (Å²) in [7, 11) is 0. The van der Waals surface area contributed by atoms with Crippen molar-refractivity contribution in [3.63, 3.8) is 0 Å². The third-order valence-electron chi connectivity index (χ3n) is 7.25. The van der Waals surface area contributed by atoms with E-state index in [9.17, 15) is 9.59 Å². The predicted molar refractivity (Wildman–Crippen MR) is 189 cm³/mol. The van der Waals surface area contributed by atoms with E-state index in [0.717, 1.165) is 24.3 Å². The van der Waals surface area contributed by atoms with Crippen LogP contribution in [0.15, 0.2) is 77.0 Å². The third kappa shape index (κ3) is 9.37. The Morgan fingerprint density at radius 3 is 2.49 bits per heavy atom. The number of allylic oxidation sites excluding steroid dienone is 1. The Kier molecular flexibility index (Phi) is 12.9. The molecule has 0 unspecified atom stereocenters. The quantitative estimate of drug-likeness (QED) is 0.0773. The molecule has 0 saturated heterocycles. The molecule has 248 valence electrons. The summed E-state index contributed by atoms with van der Waals surface area (Å²) in [6.45, 7) is 9.46. The van der Waals surface area contributed by atoms with Gasteiger partial charge >= 0.3 is 5.97 Å². The van der Waals surface area contributed by atoms with E-state index in [1.165, 1.54) is 6.21 Å². The molecule has 1 aliphatic heterocycles. The number of hydrogen-bond acceptors (Lipinski definition) is 8. The summed E-state index contributed by atoms with van der Waals surface area (Å²) in [6.07, 6.45) is 1.51. The number of nitrogens with zero attached hydrogens (tertiary/aromatic N) is 2. The van der Waals surface area contributed by atoms with E-state index in [4.69, 9.17) is 49.6 Å². The van der Waals surface area contributed by atoms with E-state index < -0.39 is 17.9 Å². The third-order valence-corrected chi connectivity index (χ3v) is 8.21. The van der Waals surface area contributed by atoms with Crippen molar-refractivity contribution < 1.29 is 23.8 Å². The number of halogens is 2. The smallest absolute Gasteiger partial charge is 0.338 e. The number of benzene rings is 3. The van der Waals surface area contributed by atoms with E-state index >= 15 is 0 Å². The normalized spacial score (nSPS) is 14.3. The van der Waals surface area contributed by atoms with Crippen LogP contribution in [0, 0.1) is 0 Å². The highest BCUT2D eigenvalue weighted by Gasteiger charge is 2.32. The number of ether oxygens (including phenoxy) is 3. The van der Waals surface area contributed by atoms with Crippen molar-refractivity contribution in [2.75, 3.05) is 31.2 Å². The van der Waals surface area contributed by atoms with Gasteiger partial charge in [0.25, 0.3) is 5.91 Å². The molecule has 0 fully saturated rings. The lowest BCUT2D eigenvalue weighted by atomic mass is 9.95. The summed E-state index contributed by atoms with van der Waals surface area (Å²) in [5, 5.41) is 11.5. The Bertz CT molecular complexity index is 1680. The number of thiocarbonyl (C=S) groups is 1. The molecule has 3 N–H and O–H groups in total. The highest BCUT2D eigenvalue weighted by molar-refractivity contribution is 7.80. The number of anilines is 1. The van der Waals surface area contributed by atoms with Crippen LogP contribution >= 0.6 is 35.4 Å². The molecule has 0 aromatic heterocycles. The average molecular weight is 699 g/mol. The molecule has 1 aliphatic rings. The molecule has 0 radical (unpaired) electrons. The van der Waals surface area contributed by atoms with Gasteiger partial charge in [-0.1, -0.05) is 47.5 Å². The lowest BCUT2D eigenvalue weighted by Gasteiger charge is -2.30. The number of amides is 1. The van der Waals surface area contributed by atoms with Crippen molar-refractivity contribution in [1.82, 2.24) is 16.1 Å². The van der Waals surface area contributed by atoms with Crippen LogP contribution in [0.5, 0.6) is 11.5 Å². The topological polar surface area (TPSA) is 114 Å². The number of esters is 1. The molecule has 1 amide bonds. The largest absolute Gasteiger partial charge is 0.488 e. The van der Waals surface area contributed by atoms with Crippen molar-refractivity contribution in [3.8, 4) is 11.5 Å². The van der Waals surface area contributed by atoms with Crippen LogP contribution in [0.2, 0.25) is 10.0 Å². The van der Waals surface area contributed by atoms with E-state index in [-0.39, 0.29) is 19.8 Å². The van der Waals surface area contributed by atoms with Gasteiger partial charge in [-0.25, -0.2) is 10.2 Å². The lowest BCUT2D eigenvalue weighted by molar-refractivity contribution is -0.139. The number of carbonyl (C=O) groups is 2. The van der Waals surface area contributed by atoms with Crippen molar-refractivity contribution in [2.45, 2.75) is 40.3 Å². The molecule has 3 aromatic carbocycles. The fourth-order valence-corrected chi connectivity index (χ4v) is 5.53. The highest BCUT2D eigenvalue weighted by Crippen LogP contribution is 2.34.